The summed E-state index contributed by atoms with van der Waals surface area (Å²) < 4.78 is 28.4. The molecule has 0 aliphatic carbocycles. The Balaban J connectivity index is 2.17. The second-order valence-corrected chi connectivity index (χ2v) is 6.73. The highest BCUT2D eigenvalue weighted by molar-refractivity contribution is 7.87. The Hall–Kier alpha value is -0.170. The van der Waals surface area contributed by atoms with E-state index in [0.717, 1.165) is 12.8 Å². The second kappa shape index (κ2) is 4.25. The fraction of sp³-hybridized carbons (Fsp3) is 1.00. The summed E-state index contributed by atoms with van der Waals surface area (Å²) in [6.07, 6.45) is 2.58. The van der Waals surface area contributed by atoms with Crippen molar-refractivity contribution in [1.29, 1.82) is 0 Å². The molecule has 0 amide bonds. The molecule has 2 rings (SSSR count). The van der Waals surface area contributed by atoms with E-state index in [9.17, 15) is 13.5 Å². The highest BCUT2D eigenvalue weighted by atomic mass is 32.2. The summed E-state index contributed by atoms with van der Waals surface area (Å²) in [7, 11) is -3.37. The van der Waals surface area contributed by atoms with Gasteiger partial charge in [-0.3, -0.25) is 0 Å². The summed E-state index contributed by atoms with van der Waals surface area (Å²) in [4.78, 5) is 0. The van der Waals surface area contributed by atoms with Crippen LogP contribution in [0.5, 0.6) is 0 Å². The lowest BCUT2D eigenvalue weighted by atomic mass is 10.0. The maximum Gasteiger partial charge on any atom is 0.280 e. The minimum absolute atomic E-state index is 0.00926. The van der Waals surface area contributed by atoms with E-state index in [0.29, 0.717) is 12.8 Å². The molecule has 16 heavy (non-hydrogen) atoms. The average Bonchev–Trinajstić information content (AvgIpc) is 2.38. The SMILES string of the molecule is CC(C)NS(=O)(=O)N1C2CCC1CC(O)C2. The molecule has 0 spiro atoms. The van der Waals surface area contributed by atoms with Gasteiger partial charge in [-0.15, -0.1) is 0 Å². The number of hydrogen-bond acceptors (Lipinski definition) is 3. The molecule has 0 aromatic rings. The van der Waals surface area contributed by atoms with Crippen LogP contribution < -0.4 is 4.72 Å². The number of rotatable bonds is 3. The number of aliphatic hydroxyl groups is 1. The Bertz CT molecular complexity index is 341. The molecular formula is C10H20N2O3S. The van der Waals surface area contributed by atoms with Gasteiger partial charge < -0.3 is 5.11 Å². The average molecular weight is 248 g/mol. The van der Waals surface area contributed by atoms with E-state index in [4.69, 9.17) is 0 Å². The van der Waals surface area contributed by atoms with Crippen LogP contribution in [0, 0.1) is 0 Å². The van der Waals surface area contributed by atoms with Crippen LogP contribution in [0.3, 0.4) is 0 Å². The van der Waals surface area contributed by atoms with Gasteiger partial charge >= 0.3 is 0 Å². The number of hydrogen-bond donors (Lipinski definition) is 2. The summed E-state index contributed by atoms with van der Waals surface area (Å²) in [5.41, 5.74) is 0. The maximum absolute atomic E-state index is 12.1. The predicted octanol–water partition coefficient (Wildman–Crippen LogP) is 0.217. The number of piperidine rings is 1. The first-order valence-electron chi connectivity index (χ1n) is 5.89. The standard InChI is InChI=1S/C10H20N2O3S/c1-7(2)11-16(14,15)12-8-3-4-9(12)6-10(13)5-8/h7-11,13H,3-6H2,1-2H3. The lowest BCUT2D eigenvalue weighted by Gasteiger charge is -2.36. The highest BCUT2D eigenvalue weighted by Crippen LogP contribution is 2.37. The largest absolute Gasteiger partial charge is 0.393 e. The number of fused-ring (bicyclic) bond motifs is 2. The molecule has 2 fully saturated rings. The third-order valence-electron chi connectivity index (χ3n) is 3.30. The highest BCUT2D eigenvalue weighted by Gasteiger charge is 2.46. The van der Waals surface area contributed by atoms with E-state index in [1.54, 1.807) is 4.31 Å². The Kier molecular flexibility index (Phi) is 3.27. The van der Waals surface area contributed by atoms with Crippen LogP contribution >= 0.6 is 0 Å². The molecule has 2 saturated heterocycles. The molecule has 0 aromatic carbocycles. The van der Waals surface area contributed by atoms with Crippen molar-refractivity contribution in [1.82, 2.24) is 9.03 Å². The molecule has 2 atom stereocenters. The predicted molar refractivity (Wildman–Crippen MR) is 61.1 cm³/mol. The van der Waals surface area contributed by atoms with Crippen molar-refractivity contribution >= 4 is 10.2 Å². The molecule has 2 heterocycles. The summed E-state index contributed by atoms with van der Waals surface area (Å²) >= 11 is 0. The maximum atomic E-state index is 12.1. The number of aliphatic hydroxyl groups excluding tert-OH is 1. The van der Waals surface area contributed by atoms with Crippen molar-refractivity contribution in [3.63, 3.8) is 0 Å². The van der Waals surface area contributed by atoms with E-state index in [1.807, 2.05) is 13.8 Å². The summed E-state index contributed by atoms with van der Waals surface area (Å²) in [6, 6.07) is -0.105. The van der Waals surface area contributed by atoms with Crippen molar-refractivity contribution in [2.75, 3.05) is 0 Å². The van der Waals surface area contributed by atoms with Crippen LogP contribution in [0.25, 0.3) is 0 Å². The Labute approximate surface area is 97.0 Å². The van der Waals surface area contributed by atoms with Gasteiger partial charge in [-0.2, -0.15) is 17.4 Å². The van der Waals surface area contributed by atoms with Crippen molar-refractivity contribution in [2.24, 2.45) is 0 Å². The summed E-state index contributed by atoms with van der Waals surface area (Å²) in [5, 5.41) is 9.61. The van der Waals surface area contributed by atoms with Crippen LogP contribution in [0.1, 0.15) is 39.5 Å². The quantitative estimate of drug-likeness (QED) is 0.750. The van der Waals surface area contributed by atoms with Crippen molar-refractivity contribution in [3.05, 3.63) is 0 Å². The number of nitrogens with one attached hydrogen (secondary N) is 1. The Morgan fingerprint density at radius 3 is 2.19 bits per heavy atom. The van der Waals surface area contributed by atoms with Gasteiger partial charge in [0.15, 0.2) is 0 Å². The third-order valence-corrected chi connectivity index (χ3v) is 5.22. The molecular weight excluding hydrogens is 228 g/mol. The number of nitrogens with zero attached hydrogens (tertiary/aromatic N) is 1. The molecule has 94 valence electrons. The van der Waals surface area contributed by atoms with Crippen molar-refractivity contribution in [3.8, 4) is 0 Å². The third kappa shape index (κ3) is 2.25. The zero-order chi connectivity index (χ0) is 11.9. The second-order valence-electron chi connectivity index (χ2n) is 5.12. The lowest BCUT2D eigenvalue weighted by Crippen LogP contribution is -2.53. The fourth-order valence-corrected chi connectivity index (χ4v) is 4.74. The molecule has 5 nitrogen and oxygen atoms in total. The smallest absolute Gasteiger partial charge is 0.280 e. The lowest BCUT2D eigenvalue weighted by molar-refractivity contribution is 0.0762. The van der Waals surface area contributed by atoms with Gasteiger partial charge in [0.2, 0.25) is 0 Å². The molecule has 0 saturated carbocycles. The molecule has 2 bridgehead atoms. The molecule has 0 radical (unpaired) electrons. The Morgan fingerprint density at radius 2 is 1.75 bits per heavy atom. The van der Waals surface area contributed by atoms with Gasteiger partial charge in [0.25, 0.3) is 10.2 Å². The van der Waals surface area contributed by atoms with Crippen LogP contribution in [0.2, 0.25) is 0 Å². The minimum atomic E-state index is -3.37. The molecule has 0 aromatic heterocycles. The first-order valence-corrected chi connectivity index (χ1v) is 7.33. The van der Waals surface area contributed by atoms with Crippen LogP contribution in [-0.4, -0.2) is 42.1 Å². The van der Waals surface area contributed by atoms with Crippen molar-refractivity contribution < 1.29 is 13.5 Å². The molecule has 2 aliphatic rings. The fourth-order valence-electron chi connectivity index (χ4n) is 2.86. The van der Waals surface area contributed by atoms with E-state index < -0.39 is 10.2 Å². The minimum Gasteiger partial charge on any atom is -0.393 e. The van der Waals surface area contributed by atoms with Crippen LogP contribution in [-0.2, 0) is 10.2 Å². The van der Waals surface area contributed by atoms with Gasteiger partial charge in [0.1, 0.15) is 0 Å². The van der Waals surface area contributed by atoms with E-state index >= 15 is 0 Å². The van der Waals surface area contributed by atoms with E-state index in [2.05, 4.69) is 4.72 Å². The zero-order valence-corrected chi connectivity index (χ0v) is 10.6. The van der Waals surface area contributed by atoms with E-state index in [1.165, 1.54) is 0 Å². The monoisotopic (exact) mass is 248 g/mol. The van der Waals surface area contributed by atoms with Crippen LogP contribution in [0.4, 0.5) is 0 Å². The first-order chi connectivity index (χ1) is 7.40. The van der Waals surface area contributed by atoms with E-state index in [-0.39, 0.29) is 24.2 Å². The first kappa shape index (κ1) is 12.3. The van der Waals surface area contributed by atoms with Crippen LogP contribution in [0.15, 0.2) is 0 Å². The van der Waals surface area contributed by atoms with Gasteiger partial charge in [0.05, 0.1) is 6.10 Å². The van der Waals surface area contributed by atoms with Gasteiger partial charge in [-0.1, -0.05) is 0 Å². The summed E-state index contributed by atoms with van der Waals surface area (Å²) in [6.45, 7) is 3.64. The molecule has 2 aliphatic heterocycles. The Morgan fingerprint density at radius 1 is 1.25 bits per heavy atom. The molecule has 6 heteroatoms. The zero-order valence-electron chi connectivity index (χ0n) is 9.76. The molecule has 2 N–H and O–H groups in total. The van der Waals surface area contributed by atoms with Gasteiger partial charge in [-0.05, 0) is 39.5 Å². The van der Waals surface area contributed by atoms with Crippen molar-refractivity contribution in [2.45, 2.75) is 63.8 Å². The van der Waals surface area contributed by atoms with Gasteiger partial charge in [-0.25, -0.2) is 0 Å². The summed E-state index contributed by atoms with van der Waals surface area (Å²) in [5.74, 6) is 0. The molecule has 2 unspecified atom stereocenters. The normalized spacial score (nSPS) is 35.9. The van der Waals surface area contributed by atoms with Gasteiger partial charge in [0, 0.05) is 18.1 Å². The topological polar surface area (TPSA) is 69.6 Å².